The van der Waals surface area contributed by atoms with Crippen molar-refractivity contribution in [3.63, 3.8) is 0 Å². The summed E-state index contributed by atoms with van der Waals surface area (Å²) in [7, 11) is 0. The molecule has 116 valence electrons. The van der Waals surface area contributed by atoms with Gasteiger partial charge in [0.05, 0.1) is 0 Å². The molecule has 1 amide bonds. The quantitative estimate of drug-likeness (QED) is 0.484. The molecule has 1 rings (SSSR count). The topological polar surface area (TPSA) is 20.3 Å². The van der Waals surface area contributed by atoms with Gasteiger partial charge in [0.25, 0.3) is 0 Å². The number of carbonyl (C=O) groups excluding carboxylic acids is 1. The molecule has 0 radical (unpaired) electrons. The predicted molar refractivity (Wildman–Crippen MR) is 85.7 cm³/mol. The SMILES string of the molecule is C=CCN(CCCCCC(C)c1ccc(F)cc1)C(C)=O. The number of nitrogens with zero attached hydrogens (tertiary/aromatic N) is 1. The van der Waals surface area contributed by atoms with Crippen molar-refractivity contribution in [3.8, 4) is 0 Å². The minimum atomic E-state index is -0.183. The van der Waals surface area contributed by atoms with E-state index in [0.29, 0.717) is 12.5 Å². The molecule has 1 aromatic rings. The minimum Gasteiger partial charge on any atom is -0.339 e. The molecule has 0 bridgehead atoms. The second-order valence-electron chi connectivity index (χ2n) is 5.56. The van der Waals surface area contributed by atoms with E-state index in [1.54, 1.807) is 13.0 Å². The molecule has 0 N–H and O–H groups in total. The number of halogens is 1. The zero-order chi connectivity index (χ0) is 15.7. The van der Waals surface area contributed by atoms with Gasteiger partial charge < -0.3 is 4.90 Å². The summed E-state index contributed by atoms with van der Waals surface area (Å²) in [5.74, 6) is 0.370. The molecule has 0 aliphatic heterocycles. The van der Waals surface area contributed by atoms with Crippen LogP contribution in [-0.2, 0) is 4.79 Å². The largest absolute Gasteiger partial charge is 0.339 e. The smallest absolute Gasteiger partial charge is 0.219 e. The molecule has 3 heteroatoms. The number of hydrogen-bond donors (Lipinski definition) is 0. The van der Waals surface area contributed by atoms with Crippen LogP contribution in [0.1, 0.15) is 51.0 Å². The fourth-order valence-corrected chi connectivity index (χ4v) is 2.42. The van der Waals surface area contributed by atoms with Crippen LogP contribution in [0.4, 0.5) is 4.39 Å². The number of amides is 1. The van der Waals surface area contributed by atoms with Crippen molar-refractivity contribution in [3.05, 3.63) is 48.3 Å². The molecule has 0 aromatic heterocycles. The van der Waals surface area contributed by atoms with E-state index < -0.39 is 0 Å². The van der Waals surface area contributed by atoms with E-state index in [9.17, 15) is 9.18 Å². The summed E-state index contributed by atoms with van der Waals surface area (Å²) in [5, 5.41) is 0. The maximum atomic E-state index is 12.9. The number of benzene rings is 1. The van der Waals surface area contributed by atoms with Crippen LogP contribution < -0.4 is 0 Å². The van der Waals surface area contributed by atoms with Crippen LogP contribution in [0.2, 0.25) is 0 Å². The van der Waals surface area contributed by atoms with Crippen LogP contribution in [0.3, 0.4) is 0 Å². The Labute approximate surface area is 127 Å². The Hall–Kier alpha value is -1.64. The average Bonchev–Trinajstić information content (AvgIpc) is 2.46. The van der Waals surface area contributed by atoms with Crippen molar-refractivity contribution in [2.45, 2.75) is 45.4 Å². The van der Waals surface area contributed by atoms with Gasteiger partial charge in [0.2, 0.25) is 5.91 Å². The van der Waals surface area contributed by atoms with Crippen LogP contribution >= 0.6 is 0 Å². The van der Waals surface area contributed by atoms with Gasteiger partial charge in [-0.2, -0.15) is 0 Å². The van der Waals surface area contributed by atoms with Crippen molar-refractivity contribution < 1.29 is 9.18 Å². The first-order valence-corrected chi connectivity index (χ1v) is 7.66. The Morgan fingerprint density at radius 3 is 2.52 bits per heavy atom. The van der Waals surface area contributed by atoms with Gasteiger partial charge in [-0.15, -0.1) is 6.58 Å². The fraction of sp³-hybridized carbons (Fsp3) is 0.500. The molecule has 1 aromatic carbocycles. The van der Waals surface area contributed by atoms with Crippen LogP contribution in [0.25, 0.3) is 0 Å². The van der Waals surface area contributed by atoms with Crippen LogP contribution in [0.15, 0.2) is 36.9 Å². The summed E-state index contributed by atoms with van der Waals surface area (Å²) >= 11 is 0. The molecule has 21 heavy (non-hydrogen) atoms. The first-order valence-electron chi connectivity index (χ1n) is 7.66. The van der Waals surface area contributed by atoms with E-state index in [1.165, 1.54) is 17.7 Å². The zero-order valence-electron chi connectivity index (χ0n) is 13.1. The third-order valence-corrected chi connectivity index (χ3v) is 3.80. The maximum absolute atomic E-state index is 12.9. The van der Waals surface area contributed by atoms with E-state index in [-0.39, 0.29) is 11.7 Å². The normalized spacial score (nSPS) is 12.0. The van der Waals surface area contributed by atoms with E-state index in [1.807, 2.05) is 17.0 Å². The molecule has 0 aliphatic rings. The zero-order valence-corrected chi connectivity index (χ0v) is 13.1. The highest BCUT2D eigenvalue weighted by molar-refractivity contribution is 5.73. The lowest BCUT2D eigenvalue weighted by Crippen LogP contribution is -2.29. The highest BCUT2D eigenvalue weighted by atomic mass is 19.1. The molecular weight excluding hydrogens is 265 g/mol. The predicted octanol–water partition coefficient (Wildman–Crippen LogP) is 4.52. The summed E-state index contributed by atoms with van der Waals surface area (Å²) in [6.45, 7) is 8.86. The number of hydrogen-bond acceptors (Lipinski definition) is 1. The van der Waals surface area contributed by atoms with Gasteiger partial charge in [-0.1, -0.05) is 38.0 Å². The lowest BCUT2D eigenvalue weighted by atomic mass is 9.95. The standard InChI is InChI=1S/C18H26FNO/c1-4-13-20(16(3)21)14-7-5-6-8-15(2)17-9-11-18(19)12-10-17/h4,9-12,15H,1,5-8,13-14H2,2-3H3. The van der Waals surface area contributed by atoms with Crippen molar-refractivity contribution >= 4 is 5.91 Å². The van der Waals surface area contributed by atoms with Gasteiger partial charge in [-0.3, -0.25) is 4.79 Å². The lowest BCUT2D eigenvalue weighted by Gasteiger charge is -2.19. The first kappa shape index (κ1) is 17.4. The lowest BCUT2D eigenvalue weighted by molar-refractivity contribution is -0.128. The molecule has 0 saturated heterocycles. The number of unbranched alkanes of at least 4 members (excludes halogenated alkanes) is 2. The highest BCUT2D eigenvalue weighted by Crippen LogP contribution is 2.22. The van der Waals surface area contributed by atoms with Crippen molar-refractivity contribution in [1.82, 2.24) is 4.90 Å². The van der Waals surface area contributed by atoms with Crippen molar-refractivity contribution in [2.75, 3.05) is 13.1 Å². The highest BCUT2D eigenvalue weighted by Gasteiger charge is 2.07. The van der Waals surface area contributed by atoms with Crippen LogP contribution in [-0.4, -0.2) is 23.9 Å². The second kappa shape index (κ2) is 9.32. The second-order valence-corrected chi connectivity index (χ2v) is 5.56. The van der Waals surface area contributed by atoms with Gasteiger partial charge >= 0.3 is 0 Å². The van der Waals surface area contributed by atoms with Gasteiger partial charge in [-0.25, -0.2) is 4.39 Å². The number of carbonyl (C=O) groups is 1. The number of rotatable bonds is 9. The molecule has 2 nitrogen and oxygen atoms in total. The monoisotopic (exact) mass is 291 g/mol. The average molecular weight is 291 g/mol. The van der Waals surface area contributed by atoms with Gasteiger partial charge in [0.15, 0.2) is 0 Å². The molecule has 0 saturated carbocycles. The van der Waals surface area contributed by atoms with Crippen LogP contribution in [0.5, 0.6) is 0 Å². The summed E-state index contributed by atoms with van der Waals surface area (Å²) < 4.78 is 12.9. The maximum Gasteiger partial charge on any atom is 0.219 e. The molecule has 1 atom stereocenters. The van der Waals surface area contributed by atoms with Crippen LogP contribution in [0, 0.1) is 5.82 Å². The Bertz CT molecular complexity index is 441. The third kappa shape index (κ3) is 6.56. The fourth-order valence-electron chi connectivity index (χ4n) is 2.42. The first-order chi connectivity index (χ1) is 10.0. The third-order valence-electron chi connectivity index (χ3n) is 3.80. The summed E-state index contributed by atoms with van der Waals surface area (Å²) in [4.78, 5) is 13.2. The van der Waals surface area contributed by atoms with E-state index >= 15 is 0 Å². The summed E-state index contributed by atoms with van der Waals surface area (Å²) in [6.07, 6.45) is 6.10. The van der Waals surface area contributed by atoms with E-state index in [2.05, 4.69) is 13.5 Å². The Kier molecular flexibility index (Phi) is 7.73. The molecule has 1 unspecified atom stereocenters. The van der Waals surface area contributed by atoms with Crippen molar-refractivity contribution in [2.24, 2.45) is 0 Å². The Balaban J connectivity index is 2.22. The Morgan fingerprint density at radius 2 is 1.95 bits per heavy atom. The summed E-state index contributed by atoms with van der Waals surface area (Å²) in [5.41, 5.74) is 1.19. The molecule has 0 aliphatic carbocycles. The van der Waals surface area contributed by atoms with Gasteiger partial charge in [0, 0.05) is 20.0 Å². The molecule has 0 spiro atoms. The van der Waals surface area contributed by atoms with Crippen molar-refractivity contribution in [1.29, 1.82) is 0 Å². The summed E-state index contributed by atoms with van der Waals surface area (Å²) in [6, 6.07) is 6.76. The molecule has 0 heterocycles. The minimum absolute atomic E-state index is 0.106. The molecule has 0 fully saturated rings. The van der Waals surface area contributed by atoms with Gasteiger partial charge in [-0.05, 0) is 36.5 Å². The van der Waals surface area contributed by atoms with Gasteiger partial charge in [0.1, 0.15) is 5.82 Å². The Morgan fingerprint density at radius 1 is 1.29 bits per heavy atom. The molecular formula is C18H26FNO. The van der Waals surface area contributed by atoms with E-state index in [4.69, 9.17) is 0 Å². The van der Waals surface area contributed by atoms with E-state index in [0.717, 1.165) is 32.2 Å².